The molecule has 19 heavy (non-hydrogen) atoms. The predicted molar refractivity (Wildman–Crippen MR) is 69.5 cm³/mol. The molecule has 2 amide bonds. The van der Waals surface area contributed by atoms with Gasteiger partial charge in [0.1, 0.15) is 0 Å². The summed E-state index contributed by atoms with van der Waals surface area (Å²) in [5.41, 5.74) is 0. The molecule has 0 saturated heterocycles. The standard InChI is InChI=1S/C11H18N2O5S/c1-2-19(17,18)6-5-12-11(16)13-9-4-3-8(7-9)10(14)15/h3-4,8-9H,2,5-7H2,1H3,(H,14,15)(H2,12,13,16). The summed E-state index contributed by atoms with van der Waals surface area (Å²) in [4.78, 5) is 22.2. The largest absolute Gasteiger partial charge is 0.481 e. The summed E-state index contributed by atoms with van der Waals surface area (Å²) >= 11 is 0. The van der Waals surface area contributed by atoms with Gasteiger partial charge in [0.05, 0.1) is 17.7 Å². The fourth-order valence-corrected chi connectivity index (χ4v) is 2.37. The maximum Gasteiger partial charge on any atom is 0.315 e. The number of sulfone groups is 1. The van der Waals surface area contributed by atoms with Crippen LogP contribution in [0.15, 0.2) is 12.2 Å². The Bertz CT molecular complexity index is 471. The highest BCUT2D eigenvalue weighted by Crippen LogP contribution is 2.17. The van der Waals surface area contributed by atoms with E-state index in [2.05, 4.69) is 10.6 Å². The highest BCUT2D eigenvalue weighted by atomic mass is 32.2. The van der Waals surface area contributed by atoms with E-state index in [1.807, 2.05) is 0 Å². The van der Waals surface area contributed by atoms with Crippen molar-refractivity contribution in [3.05, 3.63) is 12.2 Å². The summed E-state index contributed by atoms with van der Waals surface area (Å²) in [6.07, 6.45) is 3.48. The van der Waals surface area contributed by atoms with Crippen LogP contribution in [0.3, 0.4) is 0 Å². The fourth-order valence-electron chi connectivity index (χ4n) is 1.67. The first kappa shape index (κ1) is 15.5. The quantitative estimate of drug-likeness (QED) is 0.584. The average Bonchev–Trinajstić information content (AvgIpc) is 2.77. The van der Waals surface area contributed by atoms with Crippen molar-refractivity contribution in [2.24, 2.45) is 5.92 Å². The lowest BCUT2D eigenvalue weighted by Crippen LogP contribution is -2.42. The molecule has 0 heterocycles. The van der Waals surface area contributed by atoms with Gasteiger partial charge in [0, 0.05) is 12.3 Å². The first-order valence-electron chi connectivity index (χ1n) is 6.00. The second kappa shape index (κ2) is 6.55. The van der Waals surface area contributed by atoms with E-state index >= 15 is 0 Å². The van der Waals surface area contributed by atoms with Crippen molar-refractivity contribution < 1.29 is 23.1 Å². The zero-order valence-corrected chi connectivity index (χ0v) is 11.4. The van der Waals surface area contributed by atoms with Gasteiger partial charge in [-0.1, -0.05) is 19.1 Å². The zero-order valence-electron chi connectivity index (χ0n) is 10.6. The molecule has 108 valence electrons. The Labute approximate surface area is 112 Å². The van der Waals surface area contributed by atoms with Crippen LogP contribution in [-0.4, -0.2) is 49.6 Å². The summed E-state index contributed by atoms with van der Waals surface area (Å²) in [6, 6.07) is -0.823. The highest BCUT2D eigenvalue weighted by molar-refractivity contribution is 7.91. The van der Waals surface area contributed by atoms with E-state index in [4.69, 9.17) is 5.11 Å². The molecule has 0 aromatic carbocycles. The van der Waals surface area contributed by atoms with Crippen LogP contribution in [0.25, 0.3) is 0 Å². The number of hydrogen-bond acceptors (Lipinski definition) is 4. The average molecular weight is 290 g/mol. The van der Waals surface area contributed by atoms with Crippen molar-refractivity contribution in [1.82, 2.24) is 10.6 Å². The third-order valence-corrected chi connectivity index (χ3v) is 4.56. The number of rotatable bonds is 6. The number of carboxylic acid groups (broad SMARTS) is 1. The smallest absolute Gasteiger partial charge is 0.315 e. The minimum absolute atomic E-state index is 0.0425. The van der Waals surface area contributed by atoms with E-state index in [1.54, 1.807) is 13.0 Å². The number of urea groups is 1. The van der Waals surface area contributed by atoms with Crippen LogP contribution in [0.1, 0.15) is 13.3 Å². The molecule has 2 atom stereocenters. The van der Waals surface area contributed by atoms with Gasteiger partial charge >= 0.3 is 12.0 Å². The molecule has 0 radical (unpaired) electrons. The lowest BCUT2D eigenvalue weighted by Gasteiger charge is -2.13. The second-order valence-corrected chi connectivity index (χ2v) is 6.78. The zero-order chi connectivity index (χ0) is 14.5. The summed E-state index contributed by atoms with van der Waals surface area (Å²) in [5.74, 6) is -1.56. The summed E-state index contributed by atoms with van der Waals surface area (Å²) in [7, 11) is -3.10. The first-order valence-corrected chi connectivity index (χ1v) is 7.82. The van der Waals surface area contributed by atoms with Gasteiger partial charge in [0.2, 0.25) is 0 Å². The van der Waals surface area contributed by atoms with Gasteiger partial charge in [-0.25, -0.2) is 13.2 Å². The number of nitrogens with one attached hydrogen (secondary N) is 2. The SMILES string of the molecule is CCS(=O)(=O)CCNC(=O)NC1C=CC(C(=O)O)C1. The van der Waals surface area contributed by atoms with Crippen LogP contribution in [-0.2, 0) is 14.6 Å². The Hall–Kier alpha value is -1.57. The van der Waals surface area contributed by atoms with Crippen molar-refractivity contribution in [3.63, 3.8) is 0 Å². The van der Waals surface area contributed by atoms with Crippen molar-refractivity contribution in [1.29, 1.82) is 0 Å². The number of hydrogen-bond donors (Lipinski definition) is 3. The van der Waals surface area contributed by atoms with E-state index in [1.165, 1.54) is 6.08 Å². The molecular formula is C11H18N2O5S. The van der Waals surface area contributed by atoms with E-state index in [0.717, 1.165) is 0 Å². The monoisotopic (exact) mass is 290 g/mol. The molecule has 0 bridgehead atoms. The Morgan fingerprint density at radius 3 is 2.58 bits per heavy atom. The highest BCUT2D eigenvalue weighted by Gasteiger charge is 2.25. The molecule has 1 rings (SSSR count). The molecule has 7 nitrogen and oxygen atoms in total. The number of carboxylic acids is 1. The molecule has 2 unspecified atom stereocenters. The van der Waals surface area contributed by atoms with Crippen LogP contribution in [0.5, 0.6) is 0 Å². The minimum Gasteiger partial charge on any atom is -0.481 e. The number of carbonyl (C=O) groups excluding carboxylic acids is 1. The predicted octanol–water partition coefficient (Wildman–Crippen LogP) is -0.250. The molecule has 0 saturated carbocycles. The van der Waals surface area contributed by atoms with Crippen molar-refractivity contribution >= 4 is 21.8 Å². The normalized spacial score (nSPS) is 22.2. The molecule has 1 aliphatic rings. The van der Waals surface area contributed by atoms with Gasteiger partial charge in [0.25, 0.3) is 0 Å². The summed E-state index contributed by atoms with van der Waals surface area (Å²) in [6.45, 7) is 1.59. The Kier molecular flexibility index (Phi) is 5.34. The Morgan fingerprint density at radius 2 is 2.05 bits per heavy atom. The number of carbonyl (C=O) groups is 2. The van der Waals surface area contributed by atoms with E-state index < -0.39 is 27.8 Å². The third kappa shape index (κ3) is 5.29. The van der Waals surface area contributed by atoms with Crippen LogP contribution < -0.4 is 10.6 Å². The van der Waals surface area contributed by atoms with E-state index in [9.17, 15) is 18.0 Å². The van der Waals surface area contributed by atoms with Crippen LogP contribution in [0, 0.1) is 5.92 Å². The lowest BCUT2D eigenvalue weighted by atomic mass is 10.1. The second-order valence-electron chi connectivity index (χ2n) is 4.31. The van der Waals surface area contributed by atoms with Gasteiger partial charge in [-0.3, -0.25) is 4.79 Å². The van der Waals surface area contributed by atoms with Gasteiger partial charge in [-0.2, -0.15) is 0 Å². The van der Waals surface area contributed by atoms with Crippen molar-refractivity contribution in [2.45, 2.75) is 19.4 Å². The molecule has 0 fully saturated rings. The molecule has 3 N–H and O–H groups in total. The Morgan fingerprint density at radius 1 is 1.37 bits per heavy atom. The molecule has 0 aliphatic heterocycles. The summed E-state index contributed by atoms with van der Waals surface area (Å²) < 4.78 is 22.4. The van der Waals surface area contributed by atoms with Crippen molar-refractivity contribution in [2.75, 3.05) is 18.1 Å². The number of amides is 2. The van der Waals surface area contributed by atoms with Crippen LogP contribution in [0.4, 0.5) is 4.79 Å². The van der Waals surface area contributed by atoms with E-state index in [0.29, 0.717) is 6.42 Å². The molecule has 0 aromatic rings. The van der Waals surface area contributed by atoms with Gasteiger partial charge < -0.3 is 15.7 Å². The molecule has 8 heteroatoms. The van der Waals surface area contributed by atoms with E-state index in [-0.39, 0.29) is 24.1 Å². The molecule has 0 spiro atoms. The molecular weight excluding hydrogens is 272 g/mol. The fraction of sp³-hybridized carbons (Fsp3) is 0.636. The molecule has 0 aromatic heterocycles. The third-order valence-electron chi connectivity index (χ3n) is 2.86. The van der Waals surface area contributed by atoms with Gasteiger partial charge in [0.15, 0.2) is 9.84 Å². The van der Waals surface area contributed by atoms with Gasteiger partial charge in [-0.15, -0.1) is 0 Å². The number of aliphatic carboxylic acids is 1. The van der Waals surface area contributed by atoms with Crippen molar-refractivity contribution in [3.8, 4) is 0 Å². The maximum atomic E-state index is 11.5. The topological polar surface area (TPSA) is 113 Å². The van der Waals surface area contributed by atoms with Gasteiger partial charge in [-0.05, 0) is 6.42 Å². The summed E-state index contributed by atoms with van der Waals surface area (Å²) in [5, 5.41) is 13.8. The lowest BCUT2D eigenvalue weighted by molar-refractivity contribution is -0.140. The maximum absolute atomic E-state index is 11.5. The minimum atomic E-state index is -3.10. The first-order chi connectivity index (χ1) is 8.84. The van der Waals surface area contributed by atoms with Crippen LogP contribution in [0.2, 0.25) is 0 Å². The Balaban J connectivity index is 2.26. The van der Waals surface area contributed by atoms with Crippen LogP contribution >= 0.6 is 0 Å². The molecule has 1 aliphatic carbocycles.